The first-order chi connectivity index (χ1) is 13.0. The smallest absolute Gasteiger partial charge is 0.213 e. The van der Waals surface area contributed by atoms with Crippen molar-refractivity contribution >= 4 is 15.7 Å². The van der Waals surface area contributed by atoms with Crippen molar-refractivity contribution in [3.8, 4) is 11.1 Å². The minimum Gasteiger partial charge on any atom is -0.220 e. The van der Waals surface area contributed by atoms with E-state index >= 15 is 0 Å². The Kier molecular flexibility index (Phi) is 4.69. The van der Waals surface area contributed by atoms with Crippen LogP contribution in [-0.2, 0) is 10.0 Å². The number of pyridine rings is 1. The van der Waals surface area contributed by atoms with Gasteiger partial charge in [0.05, 0.1) is 5.75 Å². The topological polar surface area (TPSA) is 67.6 Å². The van der Waals surface area contributed by atoms with Crippen LogP contribution in [-0.4, -0.2) is 46.2 Å². The lowest BCUT2D eigenvalue weighted by molar-refractivity contribution is 0.309. The third-order valence-electron chi connectivity index (χ3n) is 5.01. The fraction of sp³-hybridized carbons (Fsp3) is 0.368. The summed E-state index contributed by atoms with van der Waals surface area (Å²) in [5.74, 6) is 0.460. The molecule has 0 radical (unpaired) electrons. The quantitative estimate of drug-likeness (QED) is 0.689. The van der Waals surface area contributed by atoms with E-state index in [1.165, 1.54) is 12.1 Å². The Morgan fingerprint density at radius 1 is 1.22 bits per heavy atom. The second-order valence-electron chi connectivity index (χ2n) is 6.80. The zero-order valence-corrected chi connectivity index (χ0v) is 15.9. The molecule has 1 saturated heterocycles. The Bertz CT molecular complexity index is 1080. The van der Waals surface area contributed by atoms with E-state index in [2.05, 4.69) is 10.1 Å². The second-order valence-corrected chi connectivity index (χ2v) is 9.06. The van der Waals surface area contributed by atoms with Crippen molar-refractivity contribution in [2.45, 2.75) is 25.7 Å². The maximum Gasteiger partial charge on any atom is 0.213 e. The number of hydrogen-bond acceptors (Lipinski definition) is 4. The Hall–Kier alpha value is -2.32. The molecule has 142 valence electrons. The summed E-state index contributed by atoms with van der Waals surface area (Å²) in [6, 6.07) is 10.1. The number of sulfonamides is 1. The molecule has 8 heteroatoms. The number of fused-ring (bicyclic) bond motifs is 1. The van der Waals surface area contributed by atoms with E-state index in [4.69, 9.17) is 0 Å². The van der Waals surface area contributed by atoms with Crippen LogP contribution in [0.1, 0.15) is 31.5 Å². The van der Waals surface area contributed by atoms with Gasteiger partial charge in [-0.2, -0.15) is 5.10 Å². The van der Waals surface area contributed by atoms with Crippen LogP contribution < -0.4 is 0 Å². The van der Waals surface area contributed by atoms with Gasteiger partial charge < -0.3 is 0 Å². The number of piperidine rings is 1. The summed E-state index contributed by atoms with van der Waals surface area (Å²) in [6.45, 7) is 2.64. The maximum absolute atomic E-state index is 13.5. The van der Waals surface area contributed by atoms with Crippen molar-refractivity contribution in [2.24, 2.45) is 0 Å². The summed E-state index contributed by atoms with van der Waals surface area (Å²) in [6.07, 6.45) is 3.49. The number of aromatic nitrogens is 3. The molecule has 0 saturated carbocycles. The minimum atomic E-state index is -3.20. The van der Waals surface area contributed by atoms with Gasteiger partial charge in [-0.1, -0.05) is 12.1 Å². The van der Waals surface area contributed by atoms with Crippen molar-refractivity contribution in [3.63, 3.8) is 0 Å². The fourth-order valence-corrected chi connectivity index (χ4v) is 4.68. The molecule has 1 aliphatic heterocycles. The molecule has 3 heterocycles. The van der Waals surface area contributed by atoms with E-state index in [0.717, 1.165) is 24.0 Å². The van der Waals surface area contributed by atoms with Gasteiger partial charge in [-0.15, -0.1) is 0 Å². The van der Waals surface area contributed by atoms with E-state index in [1.54, 1.807) is 21.8 Å². The maximum atomic E-state index is 13.5. The molecular formula is C19H21FN4O2S. The molecule has 2 aromatic heterocycles. The van der Waals surface area contributed by atoms with E-state index in [1.807, 2.05) is 24.4 Å². The summed E-state index contributed by atoms with van der Waals surface area (Å²) < 4.78 is 41.1. The van der Waals surface area contributed by atoms with Gasteiger partial charge in [-0.05, 0) is 49.6 Å². The molecule has 0 amide bonds. The average molecular weight is 388 g/mol. The fourth-order valence-electron chi connectivity index (χ4n) is 3.50. The number of hydrogen-bond donors (Lipinski definition) is 0. The number of nitrogens with zero attached hydrogens (tertiary/aromatic N) is 4. The minimum absolute atomic E-state index is 0.0161. The highest BCUT2D eigenvalue weighted by atomic mass is 32.2. The van der Waals surface area contributed by atoms with Gasteiger partial charge in [0.1, 0.15) is 5.82 Å². The molecule has 0 N–H and O–H groups in total. The number of rotatable bonds is 4. The third kappa shape index (κ3) is 3.59. The molecule has 1 aliphatic rings. The summed E-state index contributed by atoms with van der Waals surface area (Å²) in [5, 5.41) is 4.58. The standard InChI is InChI=1S/C19H21FN4O2S/c1-2-27(25,26)23-10-4-6-16(12-23)19-21-18-9-8-15(13-24(18)22-19)14-5-3-7-17(20)11-14/h3,5,7-9,11,13,16H,2,4,6,10,12H2,1H3. The van der Waals surface area contributed by atoms with E-state index in [-0.39, 0.29) is 17.5 Å². The summed E-state index contributed by atoms with van der Waals surface area (Å²) in [7, 11) is -3.20. The molecule has 0 spiro atoms. The number of halogens is 1. The Morgan fingerprint density at radius 3 is 2.85 bits per heavy atom. The van der Waals surface area contributed by atoms with Gasteiger partial charge in [-0.25, -0.2) is 26.6 Å². The Morgan fingerprint density at radius 2 is 2.07 bits per heavy atom. The monoisotopic (exact) mass is 388 g/mol. The molecule has 3 aromatic rings. The van der Waals surface area contributed by atoms with Gasteiger partial charge in [0, 0.05) is 30.8 Å². The van der Waals surface area contributed by atoms with Crippen molar-refractivity contribution < 1.29 is 12.8 Å². The van der Waals surface area contributed by atoms with Crippen LogP contribution in [0.4, 0.5) is 4.39 Å². The highest BCUT2D eigenvalue weighted by Crippen LogP contribution is 2.27. The first kappa shape index (κ1) is 18.1. The highest BCUT2D eigenvalue weighted by molar-refractivity contribution is 7.89. The van der Waals surface area contributed by atoms with Crippen LogP contribution in [0.2, 0.25) is 0 Å². The largest absolute Gasteiger partial charge is 0.220 e. The summed E-state index contributed by atoms with van der Waals surface area (Å²) >= 11 is 0. The predicted octanol–water partition coefficient (Wildman–Crippen LogP) is 3.06. The SMILES string of the molecule is CCS(=O)(=O)N1CCCC(c2nc3ccc(-c4cccc(F)c4)cn3n2)C1. The Balaban J connectivity index is 1.64. The molecule has 0 aliphatic carbocycles. The van der Waals surface area contributed by atoms with Crippen LogP contribution in [0.15, 0.2) is 42.6 Å². The predicted molar refractivity (Wildman–Crippen MR) is 101 cm³/mol. The second kappa shape index (κ2) is 7.01. The molecule has 1 aromatic carbocycles. The van der Waals surface area contributed by atoms with Crippen molar-refractivity contribution in [3.05, 3.63) is 54.2 Å². The van der Waals surface area contributed by atoms with Gasteiger partial charge in [-0.3, -0.25) is 0 Å². The van der Waals surface area contributed by atoms with E-state index < -0.39 is 10.0 Å². The third-order valence-corrected chi connectivity index (χ3v) is 6.86. The van der Waals surface area contributed by atoms with Gasteiger partial charge in [0.25, 0.3) is 0 Å². The van der Waals surface area contributed by atoms with Crippen LogP contribution >= 0.6 is 0 Å². The van der Waals surface area contributed by atoms with Crippen molar-refractivity contribution in [1.29, 1.82) is 0 Å². The molecule has 1 fully saturated rings. The molecule has 1 unspecified atom stereocenters. The zero-order chi connectivity index (χ0) is 19.0. The summed E-state index contributed by atoms with van der Waals surface area (Å²) in [4.78, 5) is 4.59. The van der Waals surface area contributed by atoms with Gasteiger partial charge in [0.2, 0.25) is 10.0 Å². The first-order valence-electron chi connectivity index (χ1n) is 9.06. The molecule has 6 nitrogen and oxygen atoms in total. The lowest BCUT2D eigenvalue weighted by atomic mass is 9.99. The van der Waals surface area contributed by atoms with Crippen LogP contribution in [0.5, 0.6) is 0 Å². The van der Waals surface area contributed by atoms with Crippen molar-refractivity contribution in [2.75, 3.05) is 18.8 Å². The van der Waals surface area contributed by atoms with E-state index in [9.17, 15) is 12.8 Å². The lowest BCUT2D eigenvalue weighted by Crippen LogP contribution is -2.40. The first-order valence-corrected chi connectivity index (χ1v) is 10.7. The average Bonchev–Trinajstić information content (AvgIpc) is 3.11. The number of benzene rings is 1. The van der Waals surface area contributed by atoms with Gasteiger partial charge in [0.15, 0.2) is 11.5 Å². The van der Waals surface area contributed by atoms with E-state index in [0.29, 0.717) is 24.6 Å². The van der Waals surface area contributed by atoms with Crippen LogP contribution in [0.25, 0.3) is 16.8 Å². The molecule has 27 heavy (non-hydrogen) atoms. The zero-order valence-electron chi connectivity index (χ0n) is 15.0. The molecule has 0 bridgehead atoms. The van der Waals surface area contributed by atoms with Crippen LogP contribution in [0.3, 0.4) is 0 Å². The molecule has 1 atom stereocenters. The highest BCUT2D eigenvalue weighted by Gasteiger charge is 2.30. The lowest BCUT2D eigenvalue weighted by Gasteiger charge is -2.30. The molecule has 4 rings (SSSR count). The van der Waals surface area contributed by atoms with Gasteiger partial charge >= 0.3 is 0 Å². The van der Waals surface area contributed by atoms with Crippen molar-refractivity contribution in [1.82, 2.24) is 18.9 Å². The molecular weight excluding hydrogens is 367 g/mol. The Labute approximate surface area is 157 Å². The van der Waals surface area contributed by atoms with Crippen LogP contribution in [0, 0.1) is 5.82 Å². The normalized spacial score (nSPS) is 18.8. The summed E-state index contributed by atoms with van der Waals surface area (Å²) in [5.41, 5.74) is 2.31.